The smallest absolute Gasteiger partial charge is 0.258 e. The van der Waals surface area contributed by atoms with Gasteiger partial charge in [0, 0.05) is 35.3 Å². The number of carbonyl (C=O) groups is 2. The maximum atomic E-state index is 13.4. The lowest BCUT2D eigenvalue weighted by atomic mass is 10.0. The average Bonchev–Trinajstić information content (AvgIpc) is 3.59. The van der Waals surface area contributed by atoms with Crippen LogP contribution in [0.15, 0.2) is 85.2 Å². The molecule has 0 atom stereocenters. The van der Waals surface area contributed by atoms with Crippen molar-refractivity contribution in [1.29, 1.82) is 0 Å². The van der Waals surface area contributed by atoms with Crippen LogP contribution in [0, 0.1) is 5.92 Å². The van der Waals surface area contributed by atoms with E-state index < -0.39 is 0 Å². The first-order valence-electron chi connectivity index (χ1n) is 13.4. The topological polar surface area (TPSA) is 105 Å². The minimum absolute atomic E-state index is 0.180. The van der Waals surface area contributed by atoms with E-state index in [-0.39, 0.29) is 17.7 Å². The summed E-state index contributed by atoms with van der Waals surface area (Å²) in [6.07, 6.45) is 8.34. The van der Waals surface area contributed by atoms with Gasteiger partial charge in [0.1, 0.15) is 0 Å². The van der Waals surface area contributed by atoms with Gasteiger partial charge in [-0.1, -0.05) is 36.4 Å². The van der Waals surface area contributed by atoms with E-state index in [1.165, 1.54) is 0 Å². The summed E-state index contributed by atoms with van der Waals surface area (Å²) in [7, 11) is 0. The predicted octanol–water partition coefficient (Wildman–Crippen LogP) is 5.52. The number of nitrogens with zero attached hydrogens (tertiary/aromatic N) is 3. The average molecular weight is 519 g/mol. The number of rotatable bonds is 10. The number of fused-ring (bicyclic) bond motifs is 1. The Bertz CT molecular complexity index is 1620. The zero-order valence-electron chi connectivity index (χ0n) is 21.6. The van der Waals surface area contributed by atoms with Crippen molar-refractivity contribution in [3.8, 4) is 16.8 Å². The summed E-state index contributed by atoms with van der Waals surface area (Å²) in [5.41, 5.74) is 5.30. The normalized spacial score (nSPS) is 12.9. The van der Waals surface area contributed by atoms with Crippen LogP contribution >= 0.6 is 0 Å². The molecule has 0 saturated heterocycles. The predicted molar refractivity (Wildman–Crippen MR) is 152 cm³/mol. The van der Waals surface area contributed by atoms with Crippen molar-refractivity contribution in [3.63, 3.8) is 0 Å². The van der Waals surface area contributed by atoms with Crippen LogP contribution in [0.25, 0.3) is 27.7 Å². The number of aryl methyl sites for hydroxylation is 1. The van der Waals surface area contributed by atoms with Gasteiger partial charge in [-0.15, -0.1) is 0 Å². The van der Waals surface area contributed by atoms with E-state index in [1.807, 2.05) is 77.5 Å². The number of amides is 2. The molecule has 1 saturated carbocycles. The number of unbranched alkanes of at least 4 members (excludes halogenated alkanes) is 1. The monoisotopic (exact) mass is 518 g/mol. The fourth-order valence-electron chi connectivity index (χ4n) is 4.69. The molecular formula is C31H30N6O2. The van der Waals surface area contributed by atoms with Crippen molar-refractivity contribution in [3.05, 3.63) is 96.4 Å². The van der Waals surface area contributed by atoms with Gasteiger partial charge in [-0.2, -0.15) is 5.10 Å². The third-order valence-electron chi connectivity index (χ3n) is 7.02. The number of para-hydroxylation sites is 1. The zero-order chi connectivity index (χ0) is 26.6. The third kappa shape index (κ3) is 5.75. The molecule has 0 unspecified atom stereocenters. The highest BCUT2D eigenvalue weighted by Crippen LogP contribution is 2.29. The van der Waals surface area contributed by atoms with Gasteiger partial charge in [0.2, 0.25) is 11.9 Å². The molecule has 1 aliphatic carbocycles. The Morgan fingerprint density at radius 3 is 2.64 bits per heavy atom. The molecule has 2 heterocycles. The van der Waals surface area contributed by atoms with E-state index in [0.717, 1.165) is 65.5 Å². The van der Waals surface area contributed by atoms with Crippen molar-refractivity contribution in [1.82, 2.24) is 25.1 Å². The minimum atomic E-state index is -0.224. The Labute approximate surface area is 226 Å². The number of carbonyl (C=O) groups excluding carboxylic acids is 2. The Morgan fingerprint density at radius 2 is 1.79 bits per heavy atom. The van der Waals surface area contributed by atoms with Crippen LogP contribution in [0.2, 0.25) is 0 Å². The molecule has 2 amide bonds. The molecule has 3 N–H and O–H groups in total. The SMILES string of the molecule is O=C(Nc1nc(CCCCNC(=O)C2CC2)cn1-c1ccccc1)c1cccc(-c2ccc3[nH]ncc3c2)c1. The van der Waals surface area contributed by atoms with Gasteiger partial charge in [0.25, 0.3) is 5.91 Å². The van der Waals surface area contributed by atoms with Crippen LogP contribution in [0.5, 0.6) is 0 Å². The molecule has 0 bridgehead atoms. The largest absolute Gasteiger partial charge is 0.356 e. The van der Waals surface area contributed by atoms with E-state index in [0.29, 0.717) is 18.1 Å². The minimum Gasteiger partial charge on any atom is -0.356 e. The second-order valence-electron chi connectivity index (χ2n) is 9.99. The lowest BCUT2D eigenvalue weighted by Crippen LogP contribution is -2.25. The molecule has 5 aromatic rings. The molecule has 1 aliphatic rings. The van der Waals surface area contributed by atoms with E-state index in [1.54, 1.807) is 6.20 Å². The molecule has 39 heavy (non-hydrogen) atoms. The number of aromatic nitrogens is 4. The maximum Gasteiger partial charge on any atom is 0.258 e. The first-order chi connectivity index (χ1) is 19.1. The highest BCUT2D eigenvalue weighted by molar-refractivity contribution is 6.04. The van der Waals surface area contributed by atoms with Crippen LogP contribution in [0.3, 0.4) is 0 Å². The molecule has 3 aromatic carbocycles. The maximum absolute atomic E-state index is 13.4. The van der Waals surface area contributed by atoms with Gasteiger partial charge in [-0.3, -0.25) is 24.6 Å². The van der Waals surface area contributed by atoms with Gasteiger partial charge >= 0.3 is 0 Å². The number of hydrogen-bond acceptors (Lipinski definition) is 4. The lowest BCUT2D eigenvalue weighted by Gasteiger charge is -2.10. The van der Waals surface area contributed by atoms with Crippen molar-refractivity contribution >= 4 is 28.7 Å². The van der Waals surface area contributed by atoms with Crippen molar-refractivity contribution < 1.29 is 9.59 Å². The molecule has 1 fully saturated rings. The Balaban J connectivity index is 1.17. The van der Waals surface area contributed by atoms with Gasteiger partial charge in [0.15, 0.2) is 0 Å². The number of nitrogens with one attached hydrogen (secondary N) is 3. The molecule has 8 nitrogen and oxygen atoms in total. The van der Waals surface area contributed by atoms with Crippen molar-refractivity contribution in [2.24, 2.45) is 5.92 Å². The van der Waals surface area contributed by atoms with Crippen LogP contribution in [0.4, 0.5) is 5.95 Å². The Morgan fingerprint density at radius 1 is 0.949 bits per heavy atom. The number of anilines is 1. The van der Waals surface area contributed by atoms with E-state index in [9.17, 15) is 9.59 Å². The molecule has 2 aromatic heterocycles. The summed E-state index contributed by atoms with van der Waals surface area (Å²) in [4.78, 5) is 30.0. The number of imidazole rings is 1. The molecule has 0 aliphatic heterocycles. The number of hydrogen-bond donors (Lipinski definition) is 3. The van der Waals surface area contributed by atoms with Crippen molar-refractivity contribution in [2.75, 3.05) is 11.9 Å². The summed E-state index contributed by atoms with van der Waals surface area (Å²) in [6.45, 7) is 0.683. The van der Waals surface area contributed by atoms with Crippen LogP contribution in [0.1, 0.15) is 41.7 Å². The summed E-state index contributed by atoms with van der Waals surface area (Å²) in [5, 5.41) is 14.1. The summed E-state index contributed by atoms with van der Waals surface area (Å²) < 4.78 is 1.92. The molecular weight excluding hydrogens is 488 g/mol. The highest BCUT2D eigenvalue weighted by Gasteiger charge is 2.28. The van der Waals surface area contributed by atoms with Gasteiger partial charge in [0.05, 0.1) is 17.4 Å². The van der Waals surface area contributed by atoms with Crippen LogP contribution in [-0.4, -0.2) is 38.1 Å². The van der Waals surface area contributed by atoms with Crippen molar-refractivity contribution in [2.45, 2.75) is 32.1 Å². The standard InChI is InChI=1S/C31H30N6O2/c38-29(21-12-13-21)32-16-5-4-9-26-20-37(27-10-2-1-3-11-27)31(34-26)35-30(39)24-8-6-7-22(17-24)23-14-15-28-25(18-23)19-33-36-28/h1-3,6-8,10-11,14-15,17-21H,4-5,9,12-13,16H2,(H,32,38)(H,33,36)(H,34,35,39). The number of H-pyrrole nitrogens is 1. The van der Waals surface area contributed by atoms with E-state index in [4.69, 9.17) is 4.98 Å². The molecule has 0 radical (unpaired) electrons. The Hall–Kier alpha value is -4.72. The fourth-order valence-corrected chi connectivity index (χ4v) is 4.69. The zero-order valence-corrected chi connectivity index (χ0v) is 21.6. The number of aromatic amines is 1. The lowest BCUT2D eigenvalue weighted by molar-refractivity contribution is -0.122. The van der Waals surface area contributed by atoms with E-state index >= 15 is 0 Å². The summed E-state index contributed by atoms with van der Waals surface area (Å²) in [6, 6.07) is 23.5. The molecule has 0 spiro atoms. The first-order valence-corrected chi connectivity index (χ1v) is 13.4. The van der Waals surface area contributed by atoms with E-state index in [2.05, 4.69) is 26.9 Å². The van der Waals surface area contributed by atoms with Gasteiger partial charge < -0.3 is 5.32 Å². The third-order valence-corrected chi connectivity index (χ3v) is 7.02. The first kappa shape index (κ1) is 24.6. The van der Waals surface area contributed by atoms with Crippen LogP contribution in [-0.2, 0) is 11.2 Å². The van der Waals surface area contributed by atoms with Gasteiger partial charge in [-0.25, -0.2) is 4.98 Å². The highest BCUT2D eigenvalue weighted by atomic mass is 16.2. The Kier molecular flexibility index (Phi) is 6.91. The summed E-state index contributed by atoms with van der Waals surface area (Å²) >= 11 is 0. The quantitative estimate of drug-likeness (QED) is 0.212. The van der Waals surface area contributed by atoms with Crippen LogP contribution < -0.4 is 10.6 Å². The fraction of sp³-hybridized carbons (Fsp3) is 0.226. The second kappa shape index (κ2) is 10.9. The number of benzene rings is 3. The van der Waals surface area contributed by atoms with Gasteiger partial charge in [-0.05, 0) is 79.6 Å². The summed E-state index contributed by atoms with van der Waals surface area (Å²) in [5.74, 6) is 0.671. The molecule has 8 heteroatoms. The molecule has 196 valence electrons. The second-order valence-corrected chi connectivity index (χ2v) is 9.99. The molecule has 6 rings (SSSR count).